The highest BCUT2D eigenvalue weighted by molar-refractivity contribution is 7.86. The number of methoxy groups -OCH3 is 1. The SMILES string of the molecule is CCCCN(C)S(=O)(=O)N(CC)CCC(=O)OC. The summed E-state index contributed by atoms with van der Waals surface area (Å²) in [5, 5.41) is 0. The Morgan fingerprint density at radius 3 is 2.28 bits per heavy atom. The topological polar surface area (TPSA) is 66.9 Å². The lowest BCUT2D eigenvalue weighted by Crippen LogP contribution is -2.43. The van der Waals surface area contributed by atoms with Crippen LogP contribution < -0.4 is 0 Å². The van der Waals surface area contributed by atoms with Gasteiger partial charge in [0.05, 0.1) is 13.5 Å². The first-order chi connectivity index (χ1) is 8.39. The Morgan fingerprint density at radius 2 is 1.83 bits per heavy atom. The van der Waals surface area contributed by atoms with E-state index in [1.165, 1.54) is 15.7 Å². The second-order valence-electron chi connectivity index (χ2n) is 4.00. The van der Waals surface area contributed by atoms with Crippen molar-refractivity contribution in [3.63, 3.8) is 0 Å². The van der Waals surface area contributed by atoms with Gasteiger partial charge < -0.3 is 4.74 Å². The number of nitrogens with zero attached hydrogens (tertiary/aromatic N) is 2. The lowest BCUT2D eigenvalue weighted by Gasteiger charge is -2.26. The van der Waals surface area contributed by atoms with Crippen molar-refractivity contribution >= 4 is 16.2 Å². The fraction of sp³-hybridized carbons (Fsp3) is 0.909. The summed E-state index contributed by atoms with van der Waals surface area (Å²) in [6.45, 7) is 4.75. The summed E-state index contributed by atoms with van der Waals surface area (Å²) in [4.78, 5) is 11.0. The molecule has 0 rings (SSSR count). The number of carbonyl (C=O) groups is 1. The van der Waals surface area contributed by atoms with Crippen molar-refractivity contribution in [1.29, 1.82) is 0 Å². The van der Waals surface area contributed by atoms with Gasteiger partial charge in [-0.3, -0.25) is 4.79 Å². The van der Waals surface area contributed by atoms with Crippen LogP contribution in [0, 0.1) is 0 Å². The van der Waals surface area contributed by atoms with Gasteiger partial charge in [-0.1, -0.05) is 20.3 Å². The predicted octanol–water partition coefficient (Wildman–Crippen LogP) is 0.848. The molecule has 0 heterocycles. The molecule has 0 aliphatic heterocycles. The Labute approximate surface area is 110 Å². The standard InChI is InChI=1S/C11H24N2O4S/c1-5-7-9-12(3)18(15,16)13(6-2)10-8-11(14)17-4/h5-10H2,1-4H3. The van der Waals surface area contributed by atoms with Crippen LogP contribution in [0.25, 0.3) is 0 Å². The summed E-state index contributed by atoms with van der Waals surface area (Å²) in [5.74, 6) is -0.403. The Hall–Kier alpha value is -0.660. The molecule has 0 radical (unpaired) electrons. The first-order valence-corrected chi connectivity index (χ1v) is 7.58. The zero-order valence-corrected chi connectivity index (χ0v) is 12.5. The van der Waals surface area contributed by atoms with Gasteiger partial charge in [-0.2, -0.15) is 17.0 Å². The van der Waals surface area contributed by atoms with Gasteiger partial charge >= 0.3 is 5.97 Å². The van der Waals surface area contributed by atoms with Crippen LogP contribution in [0.2, 0.25) is 0 Å². The van der Waals surface area contributed by atoms with E-state index in [1.807, 2.05) is 6.92 Å². The van der Waals surface area contributed by atoms with Crippen molar-refractivity contribution in [1.82, 2.24) is 8.61 Å². The van der Waals surface area contributed by atoms with Crippen LogP contribution in [0.5, 0.6) is 0 Å². The summed E-state index contributed by atoms with van der Waals surface area (Å²) in [7, 11) is -0.615. The number of carbonyl (C=O) groups excluding carboxylic acids is 1. The molecule has 0 saturated carbocycles. The van der Waals surface area contributed by atoms with Gasteiger partial charge in [-0.05, 0) is 6.42 Å². The molecule has 0 spiro atoms. The lowest BCUT2D eigenvalue weighted by atomic mass is 10.3. The minimum Gasteiger partial charge on any atom is -0.469 e. The highest BCUT2D eigenvalue weighted by Crippen LogP contribution is 2.08. The van der Waals surface area contributed by atoms with Gasteiger partial charge in [0.2, 0.25) is 0 Å². The molecule has 0 aliphatic carbocycles. The first kappa shape index (κ1) is 17.3. The van der Waals surface area contributed by atoms with Crippen LogP contribution in [-0.4, -0.2) is 56.8 Å². The highest BCUT2D eigenvalue weighted by Gasteiger charge is 2.25. The third-order valence-corrected chi connectivity index (χ3v) is 4.76. The second-order valence-corrected chi connectivity index (χ2v) is 6.04. The van der Waals surface area contributed by atoms with E-state index in [4.69, 9.17) is 0 Å². The molecule has 0 atom stereocenters. The molecule has 7 heteroatoms. The van der Waals surface area contributed by atoms with Crippen LogP contribution in [0.1, 0.15) is 33.1 Å². The summed E-state index contributed by atoms with van der Waals surface area (Å²) in [5.41, 5.74) is 0. The summed E-state index contributed by atoms with van der Waals surface area (Å²) in [6.07, 6.45) is 1.84. The molecule has 0 bridgehead atoms. The average Bonchev–Trinajstić information content (AvgIpc) is 2.35. The third-order valence-electron chi connectivity index (χ3n) is 2.69. The number of rotatable bonds is 9. The van der Waals surface area contributed by atoms with Crippen molar-refractivity contribution in [3.8, 4) is 0 Å². The number of hydrogen-bond acceptors (Lipinski definition) is 4. The molecule has 0 aromatic heterocycles. The molecule has 0 unspecified atom stereocenters. The van der Waals surface area contributed by atoms with E-state index >= 15 is 0 Å². The van der Waals surface area contributed by atoms with E-state index in [-0.39, 0.29) is 13.0 Å². The quantitative estimate of drug-likeness (QED) is 0.587. The molecule has 0 saturated heterocycles. The zero-order valence-electron chi connectivity index (χ0n) is 11.7. The number of hydrogen-bond donors (Lipinski definition) is 0. The van der Waals surface area contributed by atoms with Crippen molar-refractivity contribution < 1.29 is 17.9 Å². The molecular weight excluding hydrogens is 256 g/mol. The maximum Gasteiger partial charge on any atom is 0.306 e. The lowest BCUT2D eigenvalue weighted by molar-refractivity contribution is -0.140. The Balaban J connectivity index is 4.55. The molecule has 0 aromatic rings. The molecule has 0 aromatic carbocycles. The molecule has 6 nitrogen and oxygen atoms in total. The molecule has 18 heavy (non-hydrogen) atoms. The minimum absolute atomic E-state index is 0.0746. The fourth-order valence-corrected chi connectivity index (χ4v) is 2.85. The largest absolute Gasteiger partial charge is 0.469 e. The van der Waals surface area contributed by atoms with Gasteiger partial charge in [-0.15, -0.1) is 0 Å². The molecule has 0 fully saturated rings. The van der Waals surface area contributed by atoms with Gasteiger partial charge in [0.25, 0.3) is 10.2 Å². The average molecular weight is 280 g/mol. The minimum atomic E-state index is -3.47. The van der Waals surface area contributed by atoms with Crippen LogP contribution >= 0.6 is 0 Å². The van der Waals surface area contributed by atoms with E-state index in [0.717, 1.165) is 12.8 Å². The second kappa shape index (κ2) is 8.44. The maximum absolute atomic E-state index is 12.2. The maximum atomic E-state index is 12.2. The number of unbranched alkanes of at least 4 members (excludes halogenated alkanes) is 1. The summed E-state index contributed by atoms with van der Waals surface area (Å²) in [6, 6.07) is 0. The Bertz CT molecular complexity index is 343. The van der Waals surface area contributed by atoms with E-state index in [2.05, 4.69) is 4.74 Å². The van der Waals surface area contributed by atoms with E-state index in [9.17, 15) is 13.2 Å². The smallest absolute Gasteiger partial charge is 0.306 e. The number of esters is 1. The van der Waals surface area contributed by atoms with Crippen molar-refractivity contribution in [3.05, 3.63) is 0 Å². The van der Waals surface area contributed by atoms with Gasteiger partial charge in [0, 0.05) is 26.7 Å². The Kier molecular flexibility index (Phi) is 8.13. The zero-order chi connectivity index (χ0) is 14.2. The van der Waals surface area contributed by atoms with Gasteiger partial charge in [0.1, 0.15) is 0 Å². The highest BCUT2D eigenvalue weighted by atomic mass is 32.2. The monoisotopic (exact) mass is 280 g/mol. The molecular formula is C11H24N2O4S. The van der Waals surface area contributed by atoms with E-state index < -0.39 is 16.2 Å². The summed E-state index contributed by atoms with van der Waals surface area (Å²) < 4.78 is 31.5. The normalized spacial score (nSPS) is 12.1. The van der Waals surface area contributed by atoms with Crippen LogP contribution in [0.3, 0.4) is 0 Å². The Morgan fingerprint density at radius 1 is 1.22 bits per heavy atom. The number of ether oxygens (including phenoxy) is 1. The van der Waals surface area contributed by atoms with Crippen molar-refractivity contribution in [2.24, 2.45) is 0 Å². The fourth-order valence-electron chi connectivity index (χ4n) is 1.45. The van der Waals surface area contributed by atoms with E-state index in [0.29, 0.717) is 13.1 Å². The molecule has 108 valence electrons. The predicted molar refractivity (Wildman–Crippen MR) is 70.3 cm³/mol. The third kappa shape index (κ3) is 5.32. The molecule has 0 amide bonds. The van der Waals surface area contributed by atoms with Crippen molar-refractivity contribution in [2.75, 3.05) is 33.8 Å². The molecule has 0 N–H and O–H groups in total. The van der Waals surface area contributed by atoms with Crippen LogP contribution in [-0.2, 0) is 19.7 Å². The van der Waals surface area contributed by atoms with Gasteiger partial charge in [0.15, 0.2) is 0 Å². The van der Waals surface area contributed by atoms with Crippen molar-refractivity contribution in [2.45, 2.75) is 33.1 Å². The van der Waals surface area contributed by atoms with Crippen LogP contribution in [0.4, 0.5) is 0 Å². The van der Waals surface area contributed by atoms with Crippen LogP contribution in [0.15, 0.2) is 0 Å². The summed E-state index contributed by atoms with van der Waals surface area (Å²) >= 11 is 0. The first-order valence-electron chi connectivity index (χ1n) is 6.18. The van der Waals surface area contributed by atoms with Gasteiger partial charge in [-0.25, -0.2) is 0 Å². The van der Waals surface area contributed by atoms with E-state index in [1.54, 1.807) is 14.0 Å². The molecule has 0 aliphatic rings.